The molecular formula is C14H16N2O. The van der Waals surface area contributed by atoms with Crippen LogP contribution in [0.5, 0.6) is 0 Å². The first-order valence-corrected chi connectivity index (χ1v) is 5.76. The highest BCUT2D eigenvalue weighted by atomic mass is 16.2. The van der Waals surface area contributed by atoms with Crippen LogP contribution in [0.25, 0.3) is 11.0 Å². The van der Waals surface area contributed by atoms with Crippen LogP contribution < -0.4 is 0 Å². The number of fused-ring (bicyclic) bond motifs is 1. The molecule has 2 aromatic rings. The van der Waals surface area contributed by atoms with Gasteiger partial charge in [-0.25, -0.2) is 4.98 Å². The maximum Gasteiger partial charge on any atom is 0.110 e. The van der Waals surface area contributed by atoms with Crippen molar-refractivity contribution in [3.05, 3.63) is 29.6 Å². The molecular weight excluding hydrogens is 212 g/mol. The normalized spacial score (nSPS) is 10.6. The van der Waals surface area contributed by atoms with E-state index < -0.39 is 0 Å². The number of nitrogens with zero attached hydrogens (tertiary/aromatic N) is 2. The van der Waals surface area contributed by atoms with E-state index in [1.807, 2.05) is 11.5 Å². The van der Waals surface area contributed by atoms with E-state index in [9.17, 15) is 0 Å². The third kappa shape index (κ3) is 2.32. The fourth-order valence-electron chi connectivity index (χ4n) is 1.99. The summed E-state index contributed by atoms with van der Waals surface area (Å²) in [5.41, 5.74) is 3.24. The summed E-state index contributed by atoms with van der Waals surface area (Å²) in [6.45, 7) is 2.76. The minimum atomic E-state index is 0.179. The van der Waals surface area contributed by atoms with E-state index in [-0.39, 0.29) is 6.61 Å². The molecule has 0 saturated carbocycles. The van der Waals surface area contributed by atoms with Gasteiger partial charge in [-0.2, -0.15) is 0 Å². The summed E-state index contributed by atoms with van der Waals surface area (Å²) in [7, 11) is 0. The third-order valence-corrected chi connectivity index (χ3v) is 2.79. The van der Waals surface area contributed by atoms with E-state index in [2.05, 4.69) is 29.1 Å². The van der Waals surface area contributed by atoms with Crippen LogP contribution in [0, 0.1) is 19.3 Å². The second kappa shape index (κ2) is 5.03. The maximum atomic E-state index is 8.89. The smallest absolute Gasteiger partial charge is 0.110 e. The van der Waals surface area contributed by atoms with Crippen LogP contribution in [0.4, 0.5) is 0 Å². The van der Waals surface area contributed by atoms with Gasteiger partial charge in [0.1, 0.15) is 5.82 Å². The van der Waals surface area contributed by atoms with Gasteiger partial charge in [-0.05, 0) is 31.0 Å². The minimum absolute atomic E-state index is 0.179. The van der Waals surface area contributed by atoms with E-state index in [4.69, 9.17) is 11.5 Å². The highest BCUT2D eigenvalue weighted by molar-refractivity contribution is 5.77. The Hall–Kier alpha value is -1.79. The van der Waals surface area contributed by atoms with E-state index in [1.54, 1.807) is 0 Å². The fraction of sp³-hybridized carbons (Fsp3) is 0.357. The summed E-state index contributed by atoms with van der Waals surface area (Å²) in [6, 6.07) is 6.18. The van der Waals surface area contributed by atoms with Gasteiger partial charge >= 0.3 is 0 Å². The lowest BCUT2D eigenvalue weighted by Crippen LogP contribution is -2.03. The Bertz CT molecular complexity index is 563. The first-order valence-electron chi connectivity index (χ1n) is 5.76. The lowest BCUT2D eigenvalue weighted by Gasteiger charge is -2.04. The minimum Gasteiger partial charge on any atom is -0.396 e. The monoisotopic (exact) mass is 228 g/mol. The number of rotatable bonds is 4. The Morgan fingerprint density at radius 1 is 1.47 bits per heavy atom. The molecule has 0 fully saturated rings. The van der Waals surface area contributed by atoms with Gasteiger partial charge in [-0.1, -0.05) is 12.0 Å². The number of aryl methyl sites for hydroxylation is 2. The van der Waals surface area contributed by atoms with Crippen LogP contribution in [0.2, 0.25) is 0 Å². The molecule has 0 radical (unpaired) electrons. The molecule has 1 heterocycles. The highest BCUT2D eigenvalue weighted by Gasteiger charge is 2.09. The molecule has 0 amide bonds. The topological polar surface area (TPSA) is 38.0 Å². The summed E-state index contributed by atoms with van der Waals surface area (Å²) in [6.07, 6.45) is 6.86. The van der Waals surface area contributed by atoms with Gasteiger partial charge in [0.15, 0.2) is 0 Å². The zero-order valence-electron chi connectivity index (χ0n) is 9.98. The van der Waals surface area contributed by atoms with Crippen molar-refractivity contribution in [1.82, 2.24) is 9.55 Å². The van der Waals surface area contributed by atoms with Crippen LogP contribution in [0.1, 0.15) is 17.8 Å². The van der Waals surface area contributed by atoms with E-state index in [0.29, 0.717) is 13.0 Å². The summed E-state index contributed by atoms with van der Waals surface area (Å²) in [4.78, 5) is 4.59. The van der Waals surface area contributed by atoms with E-state index in [1.165, 1.54) is 5.56 Å². The van der Waals surface area contributed by atoms with Crippen molar-refractivity contribution in [3.8, 4) is 12.3 Å². The lowest BCUT2D eigenvalue weighted by atomic mass is 10.2. The fourth-order valence-corrected chi connectivity index (χ4v) is 1.99. The molecule has 88 valence electrons. The van der Waals surface area contributed by atoms with Crippen molar-refractivity contribution < 1.29 is 5.11 Å². The zero-order chi connectivity index (χ0) is 12.3. The Morgan fingerprint density at radius 2 is 2.29 bits per heavy atom. The number of aliphatic hydroxyl groups excluding tert-OH is 1. The number of hydrogen-bond acceptors (Lipinski definition) is 2. The van der Waals surface area contributed by atoms with E-state index >= 15 is 0 Å². The average Bonchev–Trinajstić information content (AvgIpc) is 2.64. The molecule has 1 N–H and O–H groups in total. The Balaban J connectivity index is 2.50. The highest BCUT2D eigenvalue weighted by Crippen LogP contribution is 2.18. The van der Waals surface area contributed by atoms with Crippen LogP contribution >= 0.6 is 0 Å². The number of aromatic nitrogens is 2. The predicted molar refractivity (Wildman–Crippen MR) is 68.7 cm³/mol. The molecule has 0 saturated heterocycles. The second-order valence-corrected chi connectivity index (χ2v) is 4.14. The van der Waals surface area contributed by atoms with Crippen LogP contribution in [0.3, 0.4) is 0 Å². The van der Waals surface area contributed by atoms with Gasteiger partial charge in [0.25, 0.3) is 0 Å². The van der Waals surface area contributed by atoms with Crippen molar-refractivity contribution in [2.24, 2.45) is 0 Å². The summed E-state index contributed by atoms with van der Waals surface area (Å²) < 4.78 is 2.05. The molecule has 0 unspecified atom stereocenters. The standard InChI is InChI=1S/C14H16N2O/c1-3-8-16-13-7-6-11(2)10-12(13)15-14(16)5-4-9-17/h1,6-7,10,17H,4-5,8-9H2,2H3. The number of benzene rings is 1. The Kier molecular flexibility index (Phi) is 3.46. The second-order valence-electron chi connectivity index (χ2n) is 4.14. The first-order chi connectivity index (χ1) is 8.26. The van der Waals surface area contributed by atoms with Crippen molar-refractivity contribution in [2.45, 2.75) is 26.3 Å². The van der Waals surface area contributed by atoms with Gasteiger partial charge in [-0.3, -0.25) is 0 Å². The molecule has 2 rings (SSSR count). The lowest BCUT2D eigenvalue weighted by molar-refractivity contribution is 0.287. The molecule has 17 heavy (non-hydrogen) atoms. The van der Waals surface area contributed by atoms with Gasteiger partial charge in [0.2, 0.25) is 0 Å². The number of aliphatic hydroxyl groups is 1. The number of terminal acetylenes is 1. The zero-order valence-corrected chi connectivity index (χ0v) is 9.98. The molecule has 1 aromatic carbocycles. The third-order valence-electron chi connectivity index (χ3n) is 2.79. The first kappa shape index (κ1) is 11.7. The molecule has 3 heteroatoms. The van der Waals surface area contributed by atoms with Crippen LogP contribution in [0.15, 0.2) is 18.2 Å². The number of imidazole rings is 1. The van der Waals surface area contributed by atoms with Crippen molar-refractivity contribution >= 4 is 11.0 Å². The van der Waals surface area contributed by atoms with Crippen molar-refractivity contribution in [1.29, 1.82) is 0 Å². The largest absolute Gasteiger partial charge is 0.396 e. The van der Waals surface area contributed by atoms with E-state index in [0.717, 1.165) is 23.3 Å². The van der Waals surface area contributed by atoms with Crippen molar-refractivity contribution in [3.63, 3.8) is 0 Å². The molecule has 1 aromatic heterocycles. The molecule has 3 nitrogen and oxygen atoms in total. The maximum absolute atomic E-state index is 8.89. The van der Waals surface area contributed by atoms with Crippen molar-refractivity contribution in [2.75, 3.05) is 6.61 Å². The Labute approximate surface area is 101 Å². The molecule has 0 atom stereocenters. The quantitative estimate of drug-likeness (QED) is 0.812. The Morgan fingerprint density at radius 3 is 3.00 bits per heavy atom. The summed E-state index contributed by atoms with van der Waals surface area (Å²) in [5, 5.41) is 8.89. The predicted octanol–water partition coefficient (Wildman–Crippen LogP) is 1.90. The summed E-state index contributed by atoms with van der Waals surface area (Å²) >= 11 is 0. The van der Waals surface area contributed by atoms with Gasteiger partial charge < -0.3 is 9.67 Å². The molecule has 0 aliphatic rings. The molecule has 0 bridgehead atoms. The summed E-state index contributed by atoms with van der Waals surface area (Å²) in [5.74, 6) is 3.61. The van der Waals surface area contributed by atoms with Gasteiger partial charge in [0, 0.05) is 13.0 Å². The molecule has 0 spiro atoms. The van der Waals surface area contributed by atoms with Gasteiger partial charge in [-0.15, -0.1) is 6.42 Å². The molecule has 0 aliphatic heterocycles. The van der Waals surface area contributed by atoms with Gasteiger partial charge in [0.05, 0.1) is 17.6 Å². The molecule has 0 aliphatic carbocycles. The van der Waals surface area contributed by atoms with Crippen LogP contribution in [-0.2, 0) is 13.0 Å². The van der Waals surface area contributed by atoms with Crippen LogP contribution in [-0.4, -0.2) is 21.3 Å². The SMILES string of the molecule is C#CCn1c(CCCO)nc2cc(C)ccc21. The number of hydrogen-bond donors (Lipinski definition) is 1. The average molecular weight is 228 g/mol.